The Hall–Kier alpha value is -2.24. The number of benzene rings is 2. The number of thioether (sulfide) groups is 1. The third-order valence-electron chi connectivity index (χ3n) is 5.23. The molecule has 1 aliphatic rings. The summed E-state index contributed by atoms with van der Waals surface area (Å²) >= 11 is 7.41. The molecule has 150 valence electrons. The van der Waals surface area contributed by atoms with Gasteiger partial charge in [0.25, 0.3) is 0 Å². The highest BCUT2D eigenvalue weighted by molar-refractivity contribution is 7.99. The molecular formula is C23H24ClN3OS. The maximum Gasteiger partial charge on any atom is 0.234 e. The molecule has 1 saturated carbocycles. The van der Waals surface area contributed by atoms with Gasteiger partial charge in [-0.25, -0.2) is 4.98 Å². The molecule has 0 saturated heterocycles. The Bertz CT molecular complexity index is 950. The van der Waals surface area contributed by atoms with Crippen LogP contribution in [0.1, 0.15) is 38.1 Å². The monoisotopic (exact) mass is 425 g/mol. The number of nitrogens with one attached hydrogen (secondary N) is 1. The standard InChI is InChI=1S/C23H24ClN3OS/c24-18-11-13-19(14-12-18)26-22(28)16-29-23-25-15-21(17-7-3-1-4-8-17)27(23)20-9-5-2-6-10-20/h1,3-4,7-8,11-15,20H,2,5-6,9-10,16H2,(H,26,28). The molecular weight excluding hydrogens is 402 g/mol. The number of aromatic nitrogens is 2. The first-order valence-electron chi connectivity index (χ1n) is 10.0. The van der Waals surface area contributed by atoms with Gasteiger partial charge in [0.05, 0.1) is 17.6 Å². The molecule has 1 fully saturated rings. The van der Waals surface area contributed by atoms with Crippen LogP contribution in [0.2, 0.25) is 5.02 Å². The third kappa shape index (κ3) is 5.03. The third-order valence-corrected chi connectivity index (χ3v) is 6.45. The Morgan fingerprint density at radius 1 is 1.07 bits per heavy atom. The fraction of sp³-hybridized carbons (Fsp3) is 0.304. The van der Waals surface area contributed by atoms with Crippen LogP contribution in [0.4, 0.5) is 5.69 Å². The number of nitrogens with zero attached hydrogens (tertiary/aromatic N) is 2. The van der Waals surface area contributed by atoms with Gasteiger partial charge in [0.2, 0.25) is 5.91 Å². The normalized spacial score (nSPS) is 14.7. The van der Waals surface area contributed by atoms with Crippen LogP contribution in [-0.4, -0.2) is 21.2 Å². The Morgan fingerprint density at radius 3 is 2.52 bits per heavy atom. The zero-order valence-electron chi connectivity index (χ0n) is 16.2. The molecule has 0 bridgehead atoms. The van der Waals surface area contributed by atoms with Crippen LogP contribution in [0.5, 0.6) is 0 Å². The second kappa shape index (κ2) is 9.51. The highest BCUT2D eigenvalue weighted by atomic mass is 35.5. The van der Waals surface area contributed by atoms with Crippen molar-refractivity contribution in [3.8, 4) is 11.3 Å². The minimum absolute atomic E-state index is 0.0447. The lowest BCUT2D eigenvalue weighted by Gasteiger charge is -2.26. The largest absolute Gasteiger partial charge is 0.325 e. The number of halogens is 1. The van der Waals surface area contributed by atoms with E-state index in [1.165, 1.54) is 49.4 Å². The summed E-state index contributed by atoms with van der Waals surface area (Å²) in [4.78, 5) is 17.1. The molecule has 0 atom stereocenters. The molecule has 1 amide bonds. The van der Waals surface area contributed by atoms with Crippen molar-refractivity contribution in [3.05, 3.63) is 65.8 Å². The van der Waals surface area contributed by atoms with Gasteiger partial charge in [0.1, 0.15) is 0 Å². The van der Waals surface area contributed by atoms with Gasteiger partial charge in [-0.15, -0.1) is 0 Å². The molecule has 0 unspecified atom stereocenters. The summed E-state index contributed by atoms with van der Waals surface area (Å²) in [6, 6.07) is 18.0. The average molecular weight is 426 g/mol. The minimum Gasteiger partial charge on any atom is -0.325 e. The molecule has 1 N–H and O–H groups in total. The molecule has 2 aromatic carbocycles. The van der Waals surface area contributed by atoms with E-state index < -0.39 is 0 Å². The van der Waals surface area contributed by atoms with Crippen LogP contribution in [0.3, 0.4) is 0 Å². The second-order valence-corrected chi connectivity index (χ2v) is 8.68. The van der Waals surface area contributed by atoms with E-state index in [0.29, 0.717) is 16.8 Å². The van der Waals surface area contributed by atoms with E-state index in [4.69, 9.17) is 11.6 Å². The number of carbonyl (C=O) groups is 1. The molecule has 4 rings (SSSR count). The van der Waals surface area contributed by atoms with Crippen LogP contribution in [0, 0.1) is 0 Å². The number of carbonyl (C=O) groups excluding carboxylic acids is 1. The summed E-state index contributed by atoms with van der Waals surface area (Å²) in [5.41, 5.74) is 3.06. The molecule has 1 aromatic heterocycles. The molecule has 0 spiro atoms. The van der Waals surface area contributed by atoms with Crippen LogP contribution in [0.25, 0.3) is 11.3 Å². The first-order valence-corrected chi connectivity index (χ1v) is 11.4. The minimum atomic E-state index is -0.0447. The van der Waals surface area contributed by atoms with Gasteiger partial charge in [0.15, 0.2) is 5.16 Å². The quantitative estimate of drug-likeness (QED) is 0.462. The van der Waals surface area contributed by atoms with Gasteiger partial charge in [-0.3, -0.25) is 4.79 Å². The highest BCUT2D eigenvalue weighted by Gasteiger charge is 2.23. The van der Waals surface area contributed by atoms with Crippen LogP contribution < -0.4 is 5.32 Å². The van der Waals surface area contributed by atoms with E-state index >= 15 is 0 Å². The number of anilines is 1. The van der Waals surface area contributed by atoms with Crippen molar-refractivity contribution in [1.29, 1.82) is 0 Å². The first kappa shape index (κ1) is 20.0. The van der Waals surface area contributed by atoms with Gasteiger partial charge in [-0.05, 0) is 42.7 Å². The smallest absolute Gasteiger partial charge is 0.234 e. The fourth-order valence-electron chi connectivity index (χ4n) is 3.83. The van der Waals surface area contributed by atoms with Crippen molar-refractivity contribution in [2.45, 2.75) is 43.3 Å². The summed E-state index contributed by atoms with van der Waals surface area (Å²) < 4.78 is 2.36. The summed E-state index contributed by atoms with van der Waals surface area (Å²) in [6.07, 6.45) is 8.08. The van der Waals surface area contributed by atoms with Crippen LogP contribution in [-0.2, 0) is 4.79 Å². The van der Waals surface area contributed by atoms with Gasteiger partial charge in [-0.2, -0.15) is 0 Å². The molecule has 6 heteroatoms. The van der Waals surface area contributed by atoms with Gasteiger partial charge in [0, 0.05) is 16.8 Å². The molecule has 4 nitrogen and oxygen atoms in total. The van der Waals surface area contributed by atoms with Crippen LogP contribution >= 0.6 is 23.4 Å². The van der Waals surface area contributed by atoms with Gasteiger partial charge >= 0.3 is 0 Å². The first-order chi connectivity index (χ1) is 14.2. The summed E-state index contributed by atoms with van der Waals surface area (Å²) in [6.45, 7) is 0. The van der Waals surface area contributed by atoms with Crippen molar-refractivity contribution >= 4 is 35.0 Å². The topological polar surface area (TPSA) is 46.9 Å². The summed E-state index contributed by atoms with van der Waals surface area (Å²) in [5, 5.41) is 4.49. The van der Waals surface area contributed by atoms with E-state index in [2.05, 4.69) is 39.1 Å². The highest BCUT2D eigenvalue weighted by Crippen LogP contribution is 2.36. The van der Waals surface area contributed by atoms with Gasteiger partial charge < -0.3 is 9.88 Å². The van der Waals surface area contributed by atoms with Crippen molar-refractivity contribution in [2.24, 2.45) is 0 Å². The Balaban J connectivity index is 1.51. The lowest BCUT2D eigenvalue weighted by Crippen LogP contribution is -2.17. The zero-order chi connectivity index (χ0) is 20.1. The maximum absolute atomic E-state index is 12.4. The van der Waals surface area contributed by atoms with E-state index in [-0.39, 0.29) is 5.91 Å². The SMILES string of the molecule is O=C(CSc1ncc(-c2ccccc2)n1C1CCCCC1)Nc1ccc(Cl)cc1. The number of amides is 1. The number of hydrogen-bond acceptors (Lipinski definition) is 3. The summed E-state index contributed by atoms with van der Waals surface area (Å²) in [7, 11) is 0. The average Bonchev–Trinajstić information content (AvgIpc) is 3.19. The van der Waals surface area contributed by atoms with Crippen LogP contribution in [0.15, 0.2) is 66.0 Å². The van der Waals surface area contributed by atoms with E-state index in [1.54, 1.807) is 24.3 Å². The maximum atomic E-state index is 12.4. The molecule has 1 aliphatic carbocycles. The molecule has 1 heterocycles. The van der Waals surface area contributed by atoms with E-state index in [1.807, 2.05) is 12.3 Å². The lowest BCUT2D eigenvalue weighted by molar-refractivity contribution is -0.113. The van der Waals surface area contributed by atoms with E-state index in [9.17, 15) is 4.79 Å². The Labute approximate surface area is 180 Å². The van der Waals surface area contributed by atoms with Crippen molar-refractivity contribution in [2.75, 3.05) is 11.1 Å². The Kier molecular flexibility index (Phi) is 6.57. The fourth-order valence-corrected chi connectivity index (χ4v) is 4.80. The van der Waals surface area contributed by atoms with E-state index in [0.717, 1.165) is 16.5 Å². The van der Waals surface area contributed by atoms with Crippen molar-refractivity contribution < 1.29 is 4.79 Å². The molecule has 3 aromatic rings. The summed E-state index contributed by atoms with van der Waals surface area (Å²) in [5.74, 6) is 0.275. The van der Waals surface area contributed by atoms with Gasteiger partial charge in [-0.1, -0.05) is 73.0 Å². The predicted molar refractivity (Wildman–Crippen MR) is 121 cm³/mol. The number of rotatable bonds is 6. The zero-order valence-corrected chi connectivity index (χ0v) is 17.8. The Morgan fingerprint density at radius 2 is 1.79 bits per heavy atom. The lowest BCUT2D eigenvalue weighted by atomic mass is 9.95. The van der Waals surface area contributed by atoms with Crippen molar-refractivity contribution in [1.82, 2.24) is 9.55 Å². The number of imidazole rings is 1. The second-order valence-electron chi connectivity index (χ2n) is 7.30. The molecule has 0 aliphatic heterocycles. The molecule has 29 heavy (non-hydrogen) atoms. The molecule has 0 radical (unpaired) electrons. The van der Waals surface area contributed by atoms with Crippen molar-refractivity contribution in [3.63, 3.8) is 0 Å². The number of hydrogen-bond donors (Lipinski definition) is 1. The predicted octanol–water partition coefficient (Wildman–Crippen LogP) is 6.44.